The second-order valence-electron chi connectivity index (χ2n) is 11.4. The molecule has 210 valence electrons. The van der Waals surface area contributed by atoms with E-state index in [1.54, 1.807) is 25.1 Å². The van der Waals surface area contributed by atoms with Crippen LogP contribution in [0.25, 0.3) is 10.9 Å². The Morgan fingerprint density at radius 2 is 1.85 bits per heavy atom. The van der Waals surface area contributed by atoms with Crippen LogP contribution in [-0.2, 0) is 15.6 Å². The fraction of sp³-hybridized carbons (Fsp3) is 0.483. The Kier molecular flexibility index (Phi) is 9.69. The quantitative estimate of drug-likeness (QED) is 0.147. The van der Waals surface area contributed by atoms with E-state index in [-0.39, 0.29) is 60.9 Å². The smallest absolute Gasteiger partial charge is 0.343 e. The monoisotopic (exact) mass is 592 g/mol. The van der Waals surface area contributed by atoms with Gasteiger partial charge in [-0.1, -0.05) is 70.0 Å². The van der Waals surface area contributed by atoms with Crippen LogP contribution in [0.4, 0.5) is 4.39 Å². The normalized spacial score (nSPS) is 13.2. The predicted molar refractivity (Wildman–Crippen MR) is 156 cm³/mol. The standard InChI is InChI=1S/C29H35Cl2FN2O4Si/c1-9-37-27(36)20-15-34(25(16(2)3)29(7,8)38-39-28(4,5)6)23-19(24(20)35)14-18(33-26(23)31)13-17-11-10-12-21(30)22(17)32/h10-12,14-16,25H,9,13H2,1-8H3/t25-/m0/s1. The zero-order valence-electron chi connectivity index (χ0n) is 23.6. The minimum atomic E-state index is -0.730. The molecule has 0 unspecified atom stereocenters. The highest BCUT2D eigenvalue weighted by molar-refractivity contribution is 6.34. The third-order valence-electron chi connectivity index (χ3n) is 6.18. The highest BCUT2D eigenvalue weighted by Crippen LogP contribution is 2.38. The van der Waals surface area contributed by atoms with Crippen molar-refractivity contribution < 1.29 is 18.3 Å². The lowest BCUT2D eigenvalue weighted by molar-refractivity contribution is 0.0287. The number of ether oxygens (including phenoxy) is 1. The Balaban J connectivity index is 2.30. The minimum Gasteiger partial charge on any atom is -0.462 e. The van der Waals surface area contributed by atoms with Crippen LogP contribution >= 0.6 is 23.2 Å². The molecule has 0 amide bonds. The number of halogens is 3. The number of pyridine rings is 2. The second kappa shape index (κ2) is 12.1. The zero-order chi connectivity index (χ0) is 29.3. The molecule has 0 aliphatic rings. The van der Waals surface area contributed by atoms with E-state index in [9.17, 15) is 14.0 Å². The second-order valence-corrected chi connectivity index (χ2v) is 14.1. The fourth-order valence-electron chi connectivity index (χ4n) is 4.73. The van der Waals surface area contributed by atoms with E-state index in [0.717, 1.165) is 0 Å². The summed E-state index contributed by atoms with van der Waals surface area (Å²) in [5.41, 5.74) is -0.311. The molecule has 10 heteroatoms. The van der Waals surface area contributed by atoms with Gasteiger partial charge in [-0.05, 0) is 49.4 Å². The molecule has 2 radical (unpaired) electrons. The molecule has 0 saturated carbocycles. The molecule has 0 bridgehead atoms. The van der Waals surface area contributed by atoms with Crippen molar-refractivity contribution in [1.82, 2.24) is 9.55 Å². The van der Waals surface area contributed by atoms with Gasteiger partial charge in [0.05, 0.1) is 34.2 Å². The Morgan fingerprint density at radius 3 is 2.44 bits per heavy atom. The molecule has 1 atom stereocenters. The first-order chi connectivity index (χ1) is 18.1. The Labute approximate surface area is 241 Å². The molecule has 3 rings (SSSR count). The molecule has 1 aromatic carbocycles. The van der Waals surface area contributed by atoms with Gasteiger partial charge in [-0.2, -0.15) is 0 Å². The van der Waals surface area contributed by atoms with E-state index in [0.29, 0.717) is 16.8 Å². The summed E-state index contributed by atoms with van der Waals surface area (Å²) in [6.07, 6.45) is 1.56. The van der Waals surface area contributed by atoms with Crippen LogP contribution in [0.1, 0.15) is 83.0 Å². The van der Waals surface area contributed by atoms with Gasteiger partial charge in [0, 0.05) is 18.3 Å². The molecule has 2 aromatic heterocycles. The predicted octanol–water partition coefficient (Wildman–Crippen LogP) is 7.44. The van der Waals surface area contributed by atoms with E-state index in [4.69, 9.17) is 32.4 Å². The largest absolute Gasteiger partial charge is 0.462 e. The van der Waals surface area contributed by atoms with Crippen LogP contribution in [0.15, 0.2) is 35.3 Å². The number of rotatable bonds is 9. The number of hydrogen-bond acceptors (Lipinski definition) is 5. The van der Waals surface area contributed by atoms with Gasteiger partial charge in [-0.15, -0.1) is 0 Å². The van der Waals surface area contributed by atoms with Gasteiger partial charge in [0.1, 0.15) is 11.4 Å². The summed E-state index contributed by atoms with van der Waals surface area (Å²) in [6, 6.07) is 5.92. The third kappa shape index (κ3) is 7.09. The summed E-state index contributed by atoms with van der Waals surface area (Å²) < 4.78 is 28.1. The molecular formula is C29H35Cl2FN2O4Si. The summed E-state index contributed by atoms with van der Waals surface area (Å²) in [5, 5.41) is 0.198. The average molecular weight is 594 g/mol. The minimum absolute atomic E-state index is 0.00990. The summed E-state index contributed by atoms with van der Waals surface area (Å²) in [7, 11) is 0.206. The van der Waals surface area contributed by atoms with Crippen molar-refractivity contribution in [2.75, 3.05) is 6.61 Å². The first kappa shape index (κ1) is 31.3. The number of nitrogens with zero attached hydrogens (tertiary/aromatic N) is 2. The van der Waals surface area contributed by atoms with E-state index < -0.39 is 22.8 Å². The van der Waals surface area contributed by atoms with Crippen LogP contribution in [-0.4, -0.2) is 37.5 Å². The number of aromatic nitrogens is 2. The highest BCUT2D eigenvalue weighted by Gasteiger charge is 2.37. The maximum absolute atomic E-state index is 14.6. The lowest BCUT2D eigenvalue weighted by Crippen LogP contribution is -2.42. The highest BCUT2D eigenvalue weighted by atomic mass is 35.5. The zero-order valence-corrected chi connectivity index (χ0v) is 26.1. The van der Waals surface area contributed by atoms with Gasteiger partial charge in [0.25, 0.3) is 0 Å². The van der Waals surface area contributed by atoms with E-state index >= 15 is 0 Å². The molecule has 6 nitrogen and oxygen atoms in total. The lowest BCUT2D eigenvalue weighted by Gasteiger charge is -2.41. The molecule has 0 aliphatic heterocycles. The molecule has 0 spiro atoms. The SMILES string of the molecule is CCOC(=O)c1cn([C@@H](C(C)C)C(C)(C)O[Si]C(C)(C)C)c2c(Cl)nc(Cc3cccc(Cl)c3F)cc2c1=O. The van der Waals surface area contributed by atoms with E-state index in [1.807, 2.05) is 32.3 Å². The van der Waals surface area contributed by atoms with Crippen molar-refractivity contribution in [3.63, 3.8) is 0 Å². The summed E-state index contributed by atoms with van der Waals surface area (Å²) >= 11 is 12.7. The summed E-state index contributed by atoms with van der Waals surface area (Å²) in [6.45, 7) is 16.2. The molecule has 39 heavy (non-hydrogen) atoms. The lowest BCUT2D eigenvalue weighted by atomic mass is 9.88. The van der Waals surface area contributed by atoms with Gasteiger partial charge in [0.2, 0.25) is 15.2 Å². The Morgan fingerprint density at radius 1 is 1.18 bits per heavy atom. The van der Waals surface area contributed by atoms with Crippen LogP contribution in [0.2, 0.25) is 15.2 Å². The Bertz CT molecular complexity index is 1430. The van der Waals surface area contributed by atoms with Gasteiger partial charge in [-0.25, -0.2) is 14.2 Å². The molecule has 3 aromatic rings. The van der Waals surface area contributed by atoms with E-state index in [2.05, 4.69) is 25.8 Å². The van der Waals surface area contributed by atoms with Gasteiger partial charge in [0.15, 0.2) is 5.15 Å². The topological polar surface area (TPSA) is 70.4 Å². The maximum atomic E-state index is 14.6. The number of hydrogen-bond donors (Lipinski definition) is 0. The third-order valence-corrected chi connectivity index (χ3v) is 7.98. The number of carbonyl (C=O) groups is 1. The van der Waals surface area contributed by atoms with Crippen molar-refractivity contribution in [2.24, 2.45) is 5.92 Å². The number of fused-ring (bicyclic) bond motifs is 1. The molecule has 2 heterocycles. The average Bonchev–Trinajstić information content (AvgIpc) is 2.82. The van der Waals surface area contributed by atoms with Crippen molar-refractivity contribution >= 4 is 49.8 Å². The first-order valence-electron chi connectivity index (χ1n) is 12.9. The molecule has 0 aliphatic carbocycles. The molecule has 0 N–H and O–H groups in total. The molecular weight excluding hydrogens is 558 g/mol. The first-order valence-corrected chi connectivity index (χ1v) is 14.5. The van der Waals surface area contributed by atoms with Gasteiger partial charge >= 0.3 is 5.97 Å². The van der Waals surface area contributed by atoms with Gasteiger partial charge in [-0.3, -0.25) is 4.79 Å². The van der Waals surface area contributed by atoms with Crippen LogP contribution < -0.4 is 5.43 Å². The number of carbonyl (C=O) groups excluding carboxylic acids is 1. The summed E-state index contributed by atoms with van der Waals surface area (Å²) in [5.74, 6) is -1.28. The molecule has 0 fully saturated rings. The maximum Gasteiger partial charge on any atom is 0.343 e. The van der Waals surface area contributed by atoms with Crippen molar-refractivity contribution in [1.29, 1.82) is 0 Å². The number of esters is 1. The number of benzene rings is 1. The molecule has 0 saturated heterocycles. The van der Waals surface area contributed by atoms with Crippen molar-refractivity contribution in [2.45, 2.75) is 78.5 Å². The van der Waals surface area contributed by atoms with Crippen LogP contribution in [0.5, 0.6) is 0 Å². The Hall–Kier alpha value is -2.26. The van der Waals surface area contributed by atoms with Gasteiger partial charge < -0.3 is 13.7 Å². The summed E-state index contributed by atoms with van der Waals surface area (Å²) in [4.78, 5) is 31.1. The van der Waals surface area contributed by atoms with Crippen molar-refractivity contribution in [3.8, 4) is 0 Å². The van der Waals surface area contributed by atoms with Crippen LogP contribution in [0.3, 0.4) is 0 Å². The van der Waals surface area contributed by atoms with E-state index in [1.165, 1.54) is 12.3 Å². The van der Waals surface area contributed by atoms with Crippen LogP contribution in [0, 0.1) is 11.7 Å². The fourth-order valence-corrected chi connectivity index (χ4v) is 5.92. The van der Waals surface area contributed by atoms with Crippen molar-refractivity contribution in [3.05, 3.63) is 73.5 Å².